The molecule has 0 bridgehead atoms. The lowest BCUT2D eigenvalue weighted by atomic mass is 10.3. The van der Waals surface area contributed by atoms with Crippen LogP contribution in [0.2, 0.25) is 0 Å². The Morgan fingerprint density at radius 2 is 2.00 bits per heavy atom. The second-order valence-electron chi connectivity index (χ2n) is 4.48. The fourth-order valence-electron chi connectivity index (χ4n) is 1.62. The van der Waals surface area contributed by atoms with Crippen LogP contribution >= 0.6 is 0 Å². The van der Waals surface area contributed by atoms with Crippen LogP contribution in [0, 0.1) is 0 Å². The maximum Gasteiger partial charge on any atom is 0.341 e. The molecule has 0 aliphatic heterocycles. The monoisotopic (exact) mass is 264 g/mol. The van der Waals surface area contributed by atoms with Crippen molar-refractivity contribution in [1.29, 1.82) is 0 Å². The first-order valence-corrected chi connectivity index (χ1v) is 6.05. The molecule has 102 valence electrons. The van der Waals surface area contributed by atoms with Gasteiger partial charge in [0.15, 0.2) is 6.61 Å². The molecule has 2 N–H and O–H groups in total. The Labute approximate surface area is 111 Å². The van der Waals surface area contributed by atoms with Crippen molar-refractivity contribution in [3.63, 3.8) is 0 Å². The second-order valence-corrected chi connectivity index (χ2v) is 4.48. The predicted molar refractivity (Wildman–Crippen MR) is 69.4 cm³/mol. The number of carboxylic acid groups (broad SMARTS) is 1. The van der Waals surface area contributed by atoms with Gasteiger partial charge >= 0.3 is 12.0 Å². The molecule has 19 heavy (non-hydrogen) atoms. The summed E-state index contributed by atoms with van der Waals surface area (Å²) in [5.74, 6) is -0.570. The fourth-order valence-corrected chi connectivity index (χ4v) is 1.62. The van der Waals surface area contributed by atoms with Crippen LogP contribution in [0.3, 0.4) is 0 Å². The van der Waals surface area contributed by atoms with Gasteiger partial charge in [-0.2, -0.15) is 0 Å². The predicted octanol–water partition coefficient (Wildman–Crippen LogP) is 1.78. The first-order chi connectivity index (χ1) is 9.06. The number of benzene rings is 1. The number of hydrogen-bond acceptors (Lipinski definition) is 3. The van der Waals surface area contributed by atoms with Crippen molar-refractivity contribution in [3.8, 4) is 5.75 Å². The van der Waals surface area contributed by atoms with Crippen molar-refractivity contribution in [3.05, 3.63) is 24.3 Å². The Morgan fingerprint density at radius 1 is 1.37 bits per heavy atom. The number of carbonyl (C=O) groups is 2. The average molecular weight is 264 g/mol. The van der Waals surface area contributed by atoms with Crippen LogP contribution in [0.15, 0.2) is 24.3 Å². The molecule has 0 heterocycles. The number of nitrogens with one attached hydrogen (secondary N) is 1. The van der Waals surface area contributed by atoms with Gasteiger partial charge in [-0.05, 0) is 37.1 Å². The van der Waals surface area contributed by atoms with E-state index >= 15 is 0 Å². The quantitative estimate of drug-likeness (QED) is 0.849. The summed E-state index contributed by atoms with van der Waals surface area (Å²) < 4.78 is 5.00. The summed E-state index contributed by atoms with van der Waals surface area (Å²) in [4.78, 5) is 23.8. The zero-order valence-electron chi connectivity index (χ0n) is 10.6. The van der Waals surface area contributed by atoms with Crippen molar-refractivity contribution in [2.75, 3.05) is 19.0 Å². The summed E-state index contributed by atoms with van der Waals surface area (Å²) in [6.45, 7) is -0.379. The van der Waals surface area contributed by atoms with Crippen molar-refractivity contribution >= 4 is 17.7 Å². The zero-order chi connectivity index (χ0) is 13.8. The van der Waals surface area contributed by atoms with Gasteiger partial charge in [-0.15, -0.1) is 0 Å². The highest BCUT2D eigenvalue weighted by Gasteiger charge is 2.29. The minimum Gasteiger partial charge on any atom is -0.482 e. The highest BCUT2D eigenvalue weighted by Crippen LogP contribution is 2.26. The average Bonchev–Trinajstić information content (AvgIpc) is 3.21. The van der Waals surface area contributed by atoms with Crippen LogP contribution in [-0.2, 0) is 4.79 Å². The molecule has 1 aliphatic rings. The van der Waals surface area contributed by atoms with Crippen molar-refractivity contribution < 1.29 is 19.4 Å². The zero-order valence-corrected chi connectivity index (χ0v) is 10.6. The van der Waals surface area contributed by atoms with Gasteiger partial charge in [0.1, 0.15) is 5.75 Å². The minimum atomic E-state index is -1.02. The van der Waals surface area contributed by atoms with E-state index in [1.807, 2.05) is 0 Å². The lowest BCUT2D eigenvalue weighted by Gasteiger charge is -2.17. The van der Waals surface area contributed by atoms with E-state index in [9.17, 15) is 9.59 Å². The number of aliphatic carboxylic acids is 1. The second kappa shape index (κ2) is 5.60. The lowest BCUT2D eigenvalue weighted by molar-refractivity contribution is -0.139. The van der Waals surface area contributed by atoms with Gasteiger partial charge in [0.2, 0.25) is 0 Å². The SMILES string of the molecule is CN(C(=O)Nc1ccc(OCC(=O)O)cc1)C1CC1. The highest BCUT2D eigenvalue weighted by atomic mass is 16.5. The molecule has 2 rings (SSSR count). The van der Waals surface area contributed by atoms with E-state index < -0.39 is 5.97 Å². The molecule has 6 nitrogen and oxygen atoms in total. The van der Waals surface area contributed by atoms with E-state index in [0.29, 0.717) is 17.5 Å². The molecule has 6 heteroatoms. The molecular weight excluding hydrogens is 248 g/mol. The Hall–Kier alpha value is -2.24. The Kier molecular flexibility index (Phi) is 3.89. The van der Waals surface area contributed by atoms with Crippen molar-refractivity contribution in [1.82, 2.24) is 4.90 Å². The van der Waals surface area contributed by atoms with Gasteiger partial charge in [-0.1, -0.05) is 0 Å². The molecule has 0 radical (unpaired) electrons. The third-order valence-corrected chi connectivity index (χ3v) is 2.88. The Balaban J connectivity index is 1.87. The van der Waals surface area contributed by atoms with Crippen LogP contribution in [-0.4, -0.2) is 41.7 Å². The summed E-state index contributed by atoms with van der Waals surface area (Å²) in [7, 11) is 1.78. The van der Waals surface area contributed by atoms with Gasteiger partial charge in [0.05, 0.1) is 0 Å². The van der Waals surface area contributed by atoms with Gasteiger partial charge in [-0.3, -0.25) is 0 Å². The minimum absolute atomic E-state index is 0.137. The van der Waals surface area contributed by atoms with E-state index in [1.54, 1.807) is 36.2 Å². The largest absolute Gasteiger partial charge is 0.482 e. The molecule has 0 unspecified atom stereocenters. The summed E-state index contributed by atoms with van der Waals surface area (Å²) in [6.07, 6.45) is 2.12. The van der Waals surface area contributed by atoms with Crippen LogP contribution in [0.4, 0.5) is 10.5 Å². The summed E-state index contributed by atoms with van der Waals surface area (Å²) in [5.41, 5.74) is 0.653. The third-order valence-electron chi connectivity index (χ3n) is 2.88. The number of nitrogens with zero attached hydrogens (tertiary/aromatic N) is 1. The molecule has 0 aromatic heterocycles. The van der Waals surface area contributed by atoms with Crippen LogP contribution in [0.1, 0.15) is 12.8 Å². The fraction of sp³-hybridized carbons (Fsp3) is 0.385. The topological polar surface area (TPSA) is 78.9 Å². The summed E-state index contributed by atoms with van der Waals surface area (Å²) >= 11 is 0. The molecule has 0 spiro atoms. The summed E-state index contributed by atoms with van der Waals surface area (Å²) in [5, 5.41) is 11.2. The number of anilines is 1. The van der Waals surface area contributed by atoms with Gasteiger partial charge in [0, 0.05) is 18.8 Å². The van der Waals surface area contributed by atoms with E-state index in [0.717, 1.165) is 12.8 Å². The number of urea groups is 1. The first-order valence-electron chi connectivity index (χ1n) is 6.05. The molecular formula is C13H16N2O4. The first kappa shape index (κ1) is 13.2. The van der Waals surface area contributed by atoms with Crippen molar-refractivity contribution in [2.24, 2.45) is 0 Å². The molecule has 0 atom stereocenters. The number of ether oxygens (including phenoxy) is 1. The van der Waals surface area contributed by atoms with Crippen LogP contribution in [0.25, 0.3) is 0 Å². The molecule has 0 saturated heterocycles. The highest BCUT2D eigenvalue weighted by molar-refractivity contribution is 5.89. The number of hydrogen-bond donors (Lipinski definition) is 2. The Morgan fingerprint density at radius 3 is 2.53 bits per heavy atom. The van der Waals surface area contributed by atoms with E-state index in [1.165, 1.54) is 0 Å². The number of carboxylic acids is 1. The van der Waals surface area contributed by atoms with E-state index in [-0.39, 0.29) is 12.6 Å². The summed E-state index contributed by atoms with van der Waals surface area (Å²) in [6, 6.07) is 6.82. The Bertz CT molecular complexity index is 468. The van der Waals surface area contributed by atoms with Gasteiger partial charge in [-0.25, -0.2) is 9.59 Å². The molecule has 1 aromatic rings. The molecule has 1 fully saturated rings. The molecule has 1 saturated carbocycles. The van der Waals surface area contributed by atoms with E-state index in [2.05, 4.69) is 5.32 Å². The molecule has 1 aromatic carbocycles. The van der Waals surface area contributed by atoms with Gasteiger partial charge in [0.25, 0.3) is 0 Å². The number of carbonyl (C=O) groups excluding carboxylic acids is 1. The maximum atomic E-state index is 11.8. The molecule has 2 amide bonds. The lowest BCUT2D eigenvalue weighted by Crippen LogP contribution is -2.32. The normalized spacial score (nSPS) is 13.7. The van der Waals surface area contributed by atoms with Gasteiger partial charge < -0.3 is 20.1 Å². The smallest absolute Gasteiger partial charge is 0.341 e. The van der Waals surface area contributed by atoms with E-state index in [4.69, 9.17) is 9.84 Å². The number of rotatable bonds is 5. The van der Waals surface area contributed by atoms with Crippen molar-refractivity contribution in [2.45, 2.75) is 18.9 Å². The third kappa shape index (κ3) is 3.87. The number of amides is 2. The van der Waals surface area contributed by atoms with Crippen LogP contribution < -0.4 is 10.1 Å². The van der Waals surface area contributed by atoms with Crippen LogP contribution in [0.5, 0.6) is 5.75 Å². The molecule has 1 aliphatic carbocycles. The maximum absolute atomic E-state index is 11.8. The standard InChI is InChI=1S/C13H16N2O4/c1-15(10-4-5-10)13(18)14-9-2-6-11(7-3-9)19-8-12(16)17/h2-3,6-7,10H,4-5,8H2,1H3,(H,14,18)(H,16,17).